The van der Waals surface area contributed by atoms with E-state index in [-0.39, 0.29) is 40.1 Å². The average Bonchev–Trinajstić information content (AvgIpc) is 1.83. The SMILES string of the molecule is NC([C-]=O)CSSP.[CH3-].[Y]. The number of hydrogen-bond donors (Lipinski definition) is 1. The second-order valence-corrected chi connectivity index (χ2v) is 4.88. The fraction of sp³-hybridized carbons (Fsp3) is 0.500. The Labute approximate surface area is 97.4 Å². The summed E-state index contributed by atoms with van der Waals surface area (Å²) in [5.74, 6) is 0.637. The first-order chi connectivity index (χ1) is 3.81. The smallest absolute Gasteiger partial charge is 0 e. The van der Waals surface area contributed by atoms with Crippen LogP contribution in [0.2, 0.25) is 0 Å². The summed E-state index contributed by atoms with van der Waals surface area (Å²) in [4.78, 5) is 9.73. The van der Waals surface area contributed by atoms with Crippen molar-refractivity contribution in [3.63, 3.8) is 0 Å². The van der Waals surface area contributed by atoms with Crippen molar-refractivity contribution in [1.82, 2.24) is 0 Å². The van der Waals surface area contributed by atoms with Gasteiger partial charge < -0.3 is 18.0 Å². The first-order valence-electron chi connectivity index (χ1n) is 1.93. The van der Waals surface area contributed by atoms with Gasteiger partial charge in [-0.2, -0.15) is 0 Å². The number of nitrogens with two attached hydrogens (primary N) is 1. The van der Waals surface area contributed by atoms with E-state index in [2.05, 4.69) is 8.44 Å². The second kappa shape index (κ2) is 13.5. The molecular weight excluding hydrogens is 262 g/mol. The van der Waals surface area contributed by atoms with Crippen LogP contribution in [0.15, 0.2) is 0 Å². The van der Waals surface area contributed by atoms with Gasteiger partial charge in [0.05, 0.1) is 0 Å². The largest absolute Gasteiger partial charge is 0.540 e. The zero-order chi connectivity index (χ0) is 6.41. The molecule has 59 valence electrons. The van der Waals surface area contributed by atoms with Crippen molar-refractivity contribution in [3.8, 4) is 0 Å². The van der Waals surface area contributed by atoms with E-state index in [4.69, 9.17) is 5.73 Å². The van der Waals surface area contributed by atoms with Gasteiger partial charge in [0, 0.05) is 32.7 Å². The number of hydrogen-bond acceptors (Lipinski definition) is 4. The molecule has 0 spiro atoms. The molecule has 0 saturated heterocycles. The predicted octanol–water partition coefficient (Wildman–Crippen LogP) is 1.04. The Morgan fingerprint density at radius 2 is 2.20 bits per heavy atom. The van der Waals surface area contributed by atoms with Crippen molar-refractivity contribution in [2.75, 3.05) is 5.75 Å². The molecule has 0 fully saturated rings. The molecule has 0 rings (SSSR count). The summed E-state index contributed by atoms with van der Waals surface area (Å²) >= 11 is 0. The summed E-state index contributed by atoms with van der Waals surface area (Å²) in [6.45, 7) is 0. The molecular formula is C4H10NOPS2Y-2. The molecule has 0 aromatic rings. The molecule has 0 aromatic heterocycles. The van der Waals surface area contributed by atoms with Crippen molar-refractivity contribution < 1.29 is 37.5 Å². The van der Waals surface area contributed by atoms with Crippen molar-refractivity contribution in [2.24, 2.45) is 5.73 Å². The molecule has 2 atom stereocenters. The normalized spacial score (nSPS) is 10.6. The van der Waals surface area contributed by atoms with Gasteiger partial charge in [-0.3, -0.25) is 0 Å². The third-order valence-corrected chi connectivity index (χ3v) is 3.14. The number of carbonyl (C=O) groups excluding carboxylic acids is 1. The summed E-state index contributed by atoms with van der Waals surface area (Å²) in [6.07, 6.45) is 1.68. The molecule has 0 aromatic carbocycles. The molecule has 0 aliphatic heterocycles. The van der Waals surface area contributed by atoms with Crippen molar-refractivity contribution in [2.45, 2.75) is 6.04 Å². The van der Waals surface area contributed by atoms with Crippen molar-refractivity contribution >= 4 is 35.9 Å². The maximum Gasteiger partial charge on any atom is 0 e. The van der Waals surface area contributed by atoms with Crippen LogP contribution in [0.3, 0.4) is 0 Å². The zero-order valence-electron chi connectivity index (χ0n) is 5.74. The van der Waals surface area contributed by atoms with E-state index in [9.17, 15) is 4.79 Å². The second-order valence-electron chi connectivity index (χ2n) is 1.11. The van der Waals surface area contributed by atoms with Gasteiger partial charge in [0.15, 0.2) is 0 Å². The molecule has 0 saturated carbocycles. The standard InChI is InChI=1S/C3H7NOPS2.CH3.Y/c4-3(1-5)2-7-8-6;;/h3H,2,4,6H2;1H3;/q2*-1;. The molecule has 10 heavy (non-hydrogen) atoms. The summed E-state index contributed by atoms with van der Waals surface area (Å²) in [5.41, 5.74) is 5.19. The maximum absolute atomic E-state index is 9.73. The summed E-state index contributed by atoms with van der Waals surface area (Å²) < 4.78 is 0. The molecule has 0 bridgehead atoms. The van der Waals surface area contributed by atoms with Gasteiger partial charge in [-0.05, 0) is 5.75 Å². The third-order valence-electron chi connectivity index (χ3n) is 0.467. The quantitative estimate of drug-likeness (QED) is 0.472. The van der Waals surface area contributed by atoms with Crippen LogP contribution in [0.25, 0.3) is 0 Å². The van der Waals surface area contributed by atoms with E-state index >= 15 is 0 Å². The van der Waals surface area contributed by atoms with Crippen LogP contribution in [-0.2, 0) is 37.5 Å². The first-order valence-corrected chi connectivity index (χ1v) is 5.72. The summed E-state index contributed by atoms with van der Waals surface area (Å²) in [6, 6.07) is -0.423. The van der Waals surface area contributed by atoms with Gasteiger partial charge in [0.1, 0.15) is 0 Å². The summed E-state index contributed by atoms with van der Waals surface area (Å²) in [5, 5.41) is 0. The molecule has 0 aliphatic carbocycles. The molecule has 2 nitrogen and oxygen atoms in total. The Hall–Kier alpha value is 1.86. The van der Waals surface area contributed by atoms with Gasteiger partial charge in [-0.15, -0.1) is 0 Å². The van der Waals surface area contributed by atoms with Crippen LogP contribution in [-0.4, -0.2) is 18.1 Å². The van der Waals surface area contributed by atoms with E-state index in [1.54, 1.807) is 6.29 Å². The topological polar surface area (TPSA) is 43.1 Å². The van der Waals surface area contributed by atoms with Crippen LogP contribution in [0.5, 0.6) is 0 Å². The predicted molar refractivity (Wildman–Crippen MR) is 49.8 cm³/mol. The van der Waals surface area contributed by atoms with Crippen LogP contribution in [0.4, 0.5) is 0 Å². The first kappa shape index (κ1) is 17.8. The Morgan fingerprint density at radius 1 is 1.70 bits per heavy atom. The summed E-state index contributed by atoms with van der Waals surface area (Å²) in [7, 11) is 5.51. The van der Waals surface area contributed by atoms with Crippen LogP contribution in [0.1, 0.15) is 0 Å². The van der Waals surface area contributed by atoms with Crippen LogP contribution in [0, 0.1) is 7.43 Å². The van der Waals surface area contributed by atoms with Gasteiger partial charge in [-0.25, -0.2) is 6.29 Å². The molecule has 1 radical (unpaired) electrons. The van der Waals surface area contributed by atoms with E-state index < -0.39 is 6.04 Å². The Kier molecular flexibility index (Phi) is 24.0. The molecule has 2 N–H and O–H groups in total. The van der Waals surface area contributed by atoms with E-state index in [1.165, 1.54) is 21.2 Å². The minimum Gasteiger partial charge on any atom is -0.540 e. The van der Waals surface area contributed by atoms with Gasteiger partial charge in [0.25, 0.3) is 0 Å². The van der Waals surface area contributed by atoms with E-state index in [0.717, 1.165) is 0 Å². The Bertz CT molecular complexity index is 78.3. The molecule has 0 aliphatic rings. The van der Waals surface area contributed by atoms with Gasteiger partial charge in [-0.1, -0.05) is 35.7 Å². The maximum atomic E-state index is 9.73. The molecule has 6 heteroatoms. The fourth-order valence-electron chi connectivity index (χ4n) is 0.147. The monoisotopic (exact) mass is 272 g/mol. The Morgan fingerprint density at radius 3 is 2.50 bits per heavy atom. The van der Waals surface area contributed by atoms with Crippen molar-refractivity contribution in [1.29, 1.82) is 0 Å². The van der Waals surface area contributed by atoms with Gasteiger partial charge in [0.2, 0.25) is 0 Å². The molecule has 2 unspecified atom stereocenters. The van der Waals surface area contributed by atoms with Crippen molar-refractivity contribution in [3.05, 3.63) is 7.43 Å². The third kappa shape index (κ3) is 12.5. The minimum atomic E-state index is -0.423. The Balaban J connectivity index is -0.000000245. The average molecular weight is 272 g/mol. The van der Waals surface area contributed by atoms with Crippen LogP contribution >= 0.6 is 29.6 Å². The zero-order valence-corrected chi connectivity index (χ0v) is 11.4. The van der Waals surface area contributed by atoms with Gasteiger partial charge >= 0.3 is 0 Å². The fourth-order valence-corrected chi connectivity index (χ4v) is 1.82. The van der Waals surface area contributed by atoms with Crippen LogP contribution < -0.4 is 5.73 Å². The minimum absolute atomic E-state index is 0. The van der Waals surface area contributed by atoms with E-state index in [1.807, 2.05) is 0 Å². The molecule has 0 amide bonds. The van der Waals surface area contributed by atoms with E-state index in [0.29, 0.717) is 5.75 Å². The number of rotatable bonds is 4. The molecule has 0 heterocycles.